The number of nitriles is 1. The lowest BCUT2D eigenvalue weighted by Gasteiger charge is -2.34. The quantitative estimate of drug-likeness (QED) is 0.615. The van der Waals surface area contributed by atoms with Crippen LogP contribution in [-0.4, -0.2) is 47.6 Å². The number of benzene rings is 1. The number of para-hydroxylation sites is 1. The van der Waals surface area contributed by atoms with E-state index in [1.54, 1.807) is 0 Å². The second kappa shape index (κ2) is 9.22. The molecule has 1 saturated heterocycles. The van der Waals surface area contributed by atoms with Crippen LogP contribution in [0.3, 0.4) is 0 Å². The molecule has 0 unspecified atom stereocenters. The third kappa shape index (κ3) is 4.92. The number of nitrogens with zero attached hydrogens (tertiary/aromatic N) is 5. The number of hydrogen-bond donors (Lipinski definition) is 0. The molecular weight excluding hydrogens is 366 g/mol. The summed E-state index contributed by atoms with van der Waals surface area (Å²) < 4.78 is 11.6. The van der Waals surface area contributed by atoms with Crippen molar-refractivity contribution in [3.63, 3.8) is 0 Å². The second-order valence-electron chi connectivity index (χ2n) is 6.91. The number of hydrogen-bond acceptors (Lipinski definition) is 7. The van der Waals surface area contributed by atoms with Crippen molar-refractivity contribution >= 4 is 5.88 Å². The van der Waals surface area contributed by atoms with Crippen molar-refractivity contribution in [1.82, 2.24) is 14.9 Å². The molecule has 1 aliphatic rings. The zero-order valence-corrected chi connectivity index (χ0v) is 16.2. The molecule has 1 aromatic carbocycles. The number of aromatic nitrogens is 2. The van der Waals surface area contributed by atoms with Crippen LogP contribution in [0, 0.1) is 11.3 Å². The molecule has 7 nitrogen and oxygen atoms in total. The van der Waals surface area contributed by atoms with Crippen molar-refractivity contribution in [3.05, 3.63) is 72.0 Å². The molecule has 0 spiro atoms. The Balaban J connectivity index is 1.32. The molecule has 3 aromatic rings. The third-order valence-corrected chi connectivity index (χ3v) is 4.99. The van der Waals surface area contributed by atoms with Gasteiger partial charge >= 0.3 is 0 Å². The molecule has 0 amide bonds. The lowest BCUT2D eigenvalue weighted by atomic mass is 10.2. The van der Waals surface area contributed by atoms with Gasteiger partial charge in [-0.1, -0.05) is 18.2 Å². The lowest BCUT2D eigenvalue weighted by Crippen LogP contribution is -2.47. The Labute approximate surface area is 170 Å². The summed E-state index contributed by atoms with van der Waals surface area (Å²) in [6.45, 7) is 4.66. The molecule has 0 atom stereocenters. The van der Waals surface area contributed by atoms with Crippen molar-refractivity contribution in [2.75, 3.05) is 37.6 Å². The van der Waals surface area contributed by atoms with Crippen molar-refractivity contribution in [2.45, 2.75) is 13.0 Å². The smallest absolute Gasteiger partial charge is 0.236 e. The zero-order valence-electron chi connectivity index (χ0n) is 16.2. The van der Waals surface area contributed by atoms with E-state index in [2.05, 4.69) is 38.0 Å². The number of ether oxygens (including phenoxy) is 1. The Bertz CT molecular complexity index is 944. The highest BCUT2D eigenvalue weighted by molar-refractivity contribution is 5.48. The van der Waals surface area contributed by atoms with Gasteiger partial charge in [-0.3, -0.25) is 9.88 Å². The molecule has 1 fully saturated rings. The largest absolute Gasteiger partial charge is 0.484 e. The van der Waals surface area contributed by atoms with Crippen LogP contribution in [0.2, 0.25) is 0 Å². The average Bonchev–Trinajstić information content (AvgIpc) is 3.21. The second-order valence-corrected chi connectivity index (χ2v) is 6.91. The Morgan fingerprint density at radius 3 is 2.52 bits per heavy atom. The van der Waals surface area contributed by atoms with Gasteiger partial charge in [0.05, 0.1) is 0 Å². The van der Waals surface area contributed by atoms with Crippen molar-refractivity contribution < 1.29 is 9.15 Å². The maximum atomic E-state index is 9.45. The molecule has 7 heteroatoms. The number of piperazine rings is 1. The summed E-state index contributed by atoms with van der Waals surface area (Å²) in [7, 11) is 0. The van der Waals surface area contributed by atoms with E-state index in [0.29, 0.717) is 17.5 Å². The molecule has 0 saturated carbocycles. The van der Waals surface area contributed by atoms with E-state index in [0.717, 1.165) is 44.9 Å². The first-order valence-corrected chi connectivity index (χ1v) is 9.75. The van der Waals surface area contributed by atoms with Gasteiger partial charge in [-0.25, -0.2) is 0 Å². The van der Waals surface area contributed by atoms with Crippen LogP contribution in [0.1, 0.15) is 17.1 Å². The minimum atomic E-state index is 0.199. The molecule has 148 valence electrons. The lowest BCUT2D eigenvalue weighted by molar-refractivity contribution is 0.248. The highest BCUT2D eigenvalue weighted by Gasteiger charge is 2.24. The molecule has 0 N–H and O–H groups in total. The zero-order chi connectivity index (χ0) is 19.9. The fourth-order valence-electron chi connectivity index (χ4n) is 3.38. The average molecular weight is 389 g/mol. The van der Waals surface area contributed by atoms with Gasteiger partial charge in [-0.2, -0.15) is 10.2 Å². The minimum absolute atomic E-state index is 0.199. The molecule has 2 aromatic heterocycles. The van der Waals surface area contributed by atoms with Crippen LogP contribution in [0.4, 0.5) is 5.88 Å². The molecule has 3 heterocycles. The fourth-order valence-corrected chi connectivity index (χ4v) is 3.38. The number of anilines is 1. The summed E-state index contributed by atoms with van der Waals surface area (Å²) in [6.07, 6.45) is 4.68. The molecule has 0 bridgehead atoms. The van der Waals surface area contributed by atoms with Crippen LogP contribution in [0.5, 0.6) is 5.75 Å². The van der Waals surface area contributed by atoms with Gasteiger partial charge in [-0.05, 0) is 36.2 Å². The number of rotatable bonds is 7. The van der Waals surface area contributed by atoms with Gasteiger partial charge in [0.2, 0.25) is 17.5 Å². The summed E-state index contributed by atoms with van der Waals surface area (Å²) >= 11 is 0. The SMILES string of the molecule is N#Cc1nc(COc2ccccc2)oc1N1CCN(CCc2ccncc2)CC1. The van der Waals surface area contributed by atoms with Crippen molar-refractivity contribution in [1.29, 1.82) is 5.26 Å². The van der Waals surface area contributed by atoms with Gasteiger partial charge in [0.15, 0.2) is 6.61 Å². The van der Waals surface area contributed by atoms with Crippen LogP contribution >= 0.6 is 0 Å². The highest BCUT2D eigenvalue weighted by Crippen LogP contribution is 2.24. The monoisotopic (exact) mass is 389 g/mol. The van der Waals surface area contributed by atoms with E-state index >= 15 is 0 Å². The van der Waals surface area contributed by atoms with Crippen LogP contribution in [0.25, 0.3) is 0 Å². The van der Waals surface area contributed by atoms with Gasteiger partial charge in [0.1, 0.15) is 11.8 Å². The molecule has 4 rings (SSSR count). The van der Waals surface area contributed by atoms with E-state index in [9.17, 15) is 5.26 Å². The third-order valence-electron chi connectivity index (χ3n) is 4.99. The van der Waals surface area contributed by atoms with Gasteiger partial charge in [0.25, 0.3) is 0 Å². The fraction of sp³-hybridized carbons (Fsp3) is 0.318. The summed E-state index contributed by atoms with van der Waals surface area (Å²) in [5.74, 6) is 1.71. The van der Waals surface area contributed by atoms with Crippen LogP contribution in [-0.2, 0) is 13.0 Å². The van der Waals surface area contributed by atoms with E-state index < -0.39 is 0 Å². The molecule has 0 radical (unpaired) electrons. The molecule has 29 heavy (non-hydrogen) atoms. The van der Waals surface area contributed by atoms with Crippen LogP contribution in [0.15, 0.2) is 59.3 Å². The summed E-state index contributed by atoms with van der Waals surface area (Å²) in [6, 6.07) is 15.8. The Kier molecular flexibility index (Phi) is 6.03. The normalized spacial score (nSPS) is 14.5. The van der Waals surface area contributed by atoms with E-state index in [4.69, 9.17) is 9.15 Å². The predicted molar refractivity (Wildman–Crippen MR) is 109 cm³/mol. The van der Waals surface area contributed by atoms with Gasteiger partial charge in [0, 0.05) is 45.1 Å². The summed E-state index contributed by atoms with van der Waals surface area (Å²) in [5.41, 5.74) is 1.62. The number of oxazole rings is 1. The predicted octanol–water partition coefficient (Wildman–Crippen LogP) is 2.88. The van der Waals surface area contributed by atoms with E-state index in [-0.39, 0.29) is 6.61 Å². The van der Waals surface area contributed by atoms with Gasteiger partial charge < -0.3 is 14.1 Å². The minimum Gasteiger partial charge on any atom is -0.484 e. The highest BCUT2D eigenvalue weighted by atomic mass is 16.5. The topological polar surface area (TPSA) is 78.4 Å². The summed E-state index contributed by atoms with van der Waals surface area (Å²) in [5, 5.41) is 9.45. The maximum Gasteiger partial charge on any atom is 0.236 e. The number of pyridine rings is 1. The Morgan fingerprint density at radius 1 is 1.03 bits per heavy atom. The first-order chi connectivity index (χ1) is 14.3. The first-order valence-electron chi connectivity index (χ1n) is 9.75. The van der Waals surface area contributed by atoms with Crippen molar-refractivity contribution in [3.8, 4) is 11.8 Å². The summed E-state index contributed by atoms with van der Waals surface area (Å²) in [4.78, 5) is 12.9. The molecule has 1 aliphatic heterocycles. The van der Waals surface area contributed by atoms with E-state index in [1.165, 1.54) is 5.56 Å². The van der Waals surface area contributed by atoms with Gasteiger partial charge in [-0.15, -0.1) is 0 Å². The molecular formula is C22H23N5O2. The maximum absolute atomic E-state index is 9.45. The Morgan fingerprint density at radius 2 is 1.79 bits per heavy atom. The standard InChI is InChI=1S/C22H23N5O2/c23-16-20-22(29-21(25-20)17-28-19-4-2-1-3-5-19)27-14-12-26(13-15-27)11-8-18-6-9-24-10-7-18/h1-7,9-10H,8,11-15,17H2. The Hall–Kier alpha value is -3.37. The molecule has 0 aliphatic carbocycles. The van der Waals surface area contributed by atoms with Crippen molar-refractivity contribution in [2.24, 2.45) is 0 Å². The first kappa shape index (κ1) is 19.0. The van der Waals surface area contributed by atoms with Crippen LogP contribution < -0.4 is 9.64 Å². The van der Waals surface area contributed by atoms with E-state index in [1.807, 2.05) is 42.7 Å².